The number of esters is 1. The van der Waals surface area contributed by atoms with Gasteiger partial charge >= 0.3 is 5.97 Å². The first-order chi connectivity index (χ1) is 9.97. The minimum Gasteiger partial charge on any atom is -0.480 e. The molecule has 0 aliphatic carbocycles. The van der Waals surface area contributed by atoms with Crippen molar-refractivity contribution in [3.8, 4) is 0 Å². The van der Waals surface area contributed by atoms with Gasteiger partial charge in [-0.05, 0) is 19.1 Å². The number of methoxy groups -OCH3 is 1. The molecule has 1 aromatic rings. The summed E-state index contributed by atoms with van der Waals surface area (Å²) < 4.78 is 9.81. The Morgan fingerprint density at radius 2 is 2.00 bits per heavy atom. The van der Waals surface area contributed by atoms with E-state index in [9.17, 15) is 9.59 Å². The summed E-state index contributed by atoms with van der Waals surface area (Å²) in [5.41, 5.74) is 0.405. The Labute approximate surface area is 131 Å². The Kier molecular flexibility index (Phi) is 4.69. The molecule has 0 spiro atoms. The third kappa shape index (κ3) is 3.11. The highest BCUT2D eigenvalue weighted by molar-refractivity contribution is 6.40. The second kappa shape index (κ2) is 6.32. The Morgan fingerprint density at radius 3 is 2.52 bits per heavy atom. The molecule has 1 aliphatic rings. The predicted octanol–water partition coefficient (Wildman–Crippen LogP) is 2.87. The zero-order valence-electron chi connectivity index (χ0n) is 11.4. The maximum absolute atomic E-state index is 12.0. The minimum atomic E-state index is -0.573. The van der Waals surface area contributed by atoms with Crippen LogP contribution in [0.4, 0.5) is 5.69 Å². The highest BCUT2D eigenvalue weighted by Gasteiger charge is 2.30. The van der Waals surface area contributed by atoms with Crippen molar-refractivity contribution in [2.45, 2.75) is 13.3 Å². The molecule has 1 heterocycles. The molecule has 0 saturated carbocycles. The number of hydrazone groups is 1. The van der Waals surface area contributed by atoms with Crippen molar-refractivity contribution in [2.75, 3.05) is 18.7 Å². The van der Waals surface area contributed by atoms with Crippen molar-refractivity contribution in [1.29, 1.82) is 0 Å². The molecule has 2 rings (SSSR count). The van der Waals surface area contributed by atoms with Crippen LogP contribution in [-0.4, -0.2) is 31.5 Å². The fraction of sp³-hybridized carbons (Fsp3) is 0.308. The van der Waals surface area contributed by atoms with E-state index in [-0.39, 0.29) is 33.6 Å². The third-order valence-electron chi connectivity index (χ3n) is 2.71. The van der Waals surface area contributed by atoms with Gasteiger partial charge in [0.2, 0.25) is 5.90 Å². The first-order valence-electron chi connectivity index (χ1n) is 6.08. The number of hydrogen-bond donors (Lipinski definition) is 0. The van der Waals surface area contributed by atoms with Gasteiger partial charge in [0.1, 0.15) is 12.1 Å². The highest BCUT2D eigenvalue weighted by atomic mass is 35.5. The predicted molar refractivity (Wildman–Crippen MR) is 79.0 cm³/mol. The number of amides is 1. The average molecular weight is 331 g/mol. The molecule has 0 bridgehead atoms. The van der Waals surface area contributed by atoms with Gasteiger partial charge in [0, 0.05) is 0 Å². The molecule has 0 N–H and O–H groups in total. The van der Waals surface area contributed by atoms with Crippen LogP contribution < -0.4 is 5.01 Å². The molecule has 112 valence electrons. The molecule has 1 aliphatic heterocycles. The number of carbonyl (C=O) groups excluding carboxylic acids is 2. The van der Waals surface area contributed by atoms with Gasteiger partial charge < -0.3 is 9.47 Å². The zero-order chi connectivity index (χ0) is 15.6. The lowest BCUT2D eigenvalue weighted by Gasteiger charge is -2.15. The summed E-state index contributed by atoms with van der Waals surface area (Å²) in [6, 6.07) is 2.74. The topological polar surface area (TPSA) is 68.2 Å². The number of halogens is 2. The van der Waals surface area contributed by atoms with Crippen LogP contribution in [0, 0.1) is 0 Å². The molecule has 0 radical (unpaired) electrons. The molecule has 21 heavy (non-hydrogen) atoms. The summed E-state index contributed by atoms with van der Waals surface area (Å²) in [5.74, 6) is -0.587. The van der Waals surface area contributed by atoms with Crippen molar-refractivity contribution >= 4 is 46.7 Å². The number of hydrogen-bond acceptors (Lipinski definition) is 5. The Bertz CT molecular complexity index is 608. The van der Waals surface area contributed by atoms with E-state index >= 15 is 0 Å². The van der Waals surface area contributed by atoms with Crippen LogP contribution in [-0.2, 0) is 14.3 Å². The van der Waals surface area contributed by atoms with Crippen LogP contribution in [0.5, 0.6) is 0 Å². The lowest BCUT2D eigenvalue weighted by molar-refractivity contribution is -0.117. The highest BCUT2D eigenvalue weighted by Crippen LogP contribution is 2.37. The fourth-order valence-electron chi connectivity index (χ4n) is 1.83. The third-order valence-corrected chi connectivity index (χ3v) is 3.29. The normalized spacial score (nSPS) is 14.2. The van der Waals surface area contributed by atoms with E-state index < -0.39 is 5.97 Å². The molecular formula is C13H12Cl2N2O4. The molecule has 0 unspecified atom stereocenters. The zero-order valence-corrected chi connectivity index (χ0v) is 12.9. The second-order valence-electron chi connectivity index (χ2n) is 4.09. The monoisotopic (exact) mass is 330 g/mol. The standard InChI is InChI=1S/C13H12Cl2N2O4/c1-3-21-10-6-11(18)17(16-10)12-8(14)4-7(5-9(12)15)13(19)20-2/h4-5H,3,6H2,1-2H3. The number of rotatable bonds is 3. The molecule has 1 aromatic carbocycles. The molecule has 0 saturated heterocycles. The maximum Gasteiger partial charge on any atom is 0.337 e. The fourth-order valence-corrected chi connectivity index (χ4v) is 2.48. The Morgan fingerprint density at radius 1 is 1.38 bits per heavy atom. The van der Waals surface area contributed by atoms with Crippen LogP contribution in [0.15, 0.2) is 17.2 Å². The summed E-state index contributed by atoms with van der Waals surface area (Å²) in [6.07, 6.45) is 0.0409. The van der Waals surface area contributed by atoms with Gasteiger partial charge in [0.25, 0.3) is 5.91 Å². The second-order valence-corrected chi connectivity index (χ2v) is 4.90. The summed E-state index contributed by atoms with van der Waals surface area (Å²) in [6.45, 7) is 2.20. The lowest BCUT2D eigenvalue weighted by Crippen LogP contribution is -2.20. The van der Waals surface area contributed by atoms with Crippen LogP contribution in [0.3, 0.4) is 0 Å². The van der Waals surface area contributed by atoms with E-state index in [0.717, 1.165) is 5.01 Å². The van der Waals surface area contributed by atoms with E-state index in [2.05, 4.69) is 9.84 Å². The SMILES string of the molecule is CCOC1=NN(c2c(Cl)cc(C(=O)OC)cc2Cl)C(=O)C1. The summed E-state index contributed by atoms with van der Waals surface area (Å²) in [7, 11) is 1.25. The number of carbonyl (C=O) groups is 2. The molecule has 1 amide bonds. The van der Waals surface area contributed by atoms with E-state index in [1.165, 1.54) is 19.2 Å². The summed E-state index contributed by atoms with van der Waals surface area (Å²) in [4.78, 5) is 23.4. The van der Waals surface area contributed by atoms with E-state index in [4.69, 9.17) is 27.9 Å². The van der Waals surface area contributed by atoms with Crippen LogP contribution in [0.2, 0.25) is 10.0 Å². The smallest absolute Gasteiger partial charge is 0.337 e. The number of anilines is 1. The number of benzene rings is 1. The van der Waals surface area contributed by atoms with Crippen molar-refractivity contribution < 1.29 is 19.1 Å². The molecule has 0 atom stereocenters. The molecule has 8 heteroatoms. The molecular weight excluding hydrogens is 319 g/mol. The quantitative estimate of drug-likeness (QED) is 0.799. The Hall–Kier alpha value is -1.79. The van der Waals surface area contributed by atoms with Crippen molar-refractivity contribution in [1.82, 2.24) is 0 Å². The van der Waals surface area contributed by atoms with Crippen LogP contribution in [0.25, 0.3) is 0 Å². The first-order valence-corrected chi connectivity index (χ1v) is 6.84. The number of nitrogens with zero attached hydrogens (tertiary/aromatic N) is 2. The van der Waals surface area contributed by atoms with Gasteiger partial charge in [0.15, 0.2) is 0 Å². The number of ether oxygens (including phenoxy) is 2. The van der Waals surface area contributed by atoms with Gasteiger partial charge in [0.05, 0.1) is 29.3 Å². The van der Waals surface area contributed by atoms with E-state index in [0.29, 0.717) is 12.5 Å². The minimum absolute atomic E-state index is 0.0409. The van der Waals surface area contributed by atoms with Gasteiger partial charge in [-0.1, -0.05) is 23.2 Å². The Balaban J connectivity index is 2.41. The first kappa shape index (κ1) is 15.6. The van der Waals surface area contributed by atoms with Gasteiger partial charge in [-0.2, -0.15) is 5.01 Å². The largest absolute Gasteiger partial charge is 0.480 e. The van der Waals surface area contributed by atoms with Gasteiger partial charge in [-0.15, -0.1) is 5.10 Å². The van der Waals surface area contributed by atoms with Crippen molar-refractivity contribution in [3.05, 3.63) is 27.7 Å². The van der Waals surface area contributed by atoms with Crippen molar-refractivity contribution in [3.63, 3.8) is 0 Å². The lowest BCUT2D eigenvalue weighted by atomic mass is 10.2. The van der Waals surface area contributed by atoms with E-state index in [1.54, 1.807) is 6.92 Å². The molecule has 0 aromatic heterocycles. The van der Waals surface area contributed by atoms with Crippen molar-refractivity contribution in [2.24, 2.45) is 5.10 Å². The average Bonchev–Trinajstić information content (AvgIpc) is 2.78. The molecule has 6 nitrogen and oxygen atoms in total. The van der Waals surface area contributed by atoms with Crippen LogP contribution in [0.1, 0.15) is 23.7 Å². The maximum atomic E-state index is 12.0. The van der Waals surface area contributed by atoms with Gasteiger partial charge in [-0.25, -0.2) is 4.79 Å². The van der Waals surface area contributed by atoms with Crippen LogP contribution >= 0.6 is 23.2 Å². The van der Waals surface area contributed by atoms with E-state index in [1.807, 2.05) is 0 Å². The summed E-state index contributed by atoms with van der Waals surface area (Å²) >= 11 is 12.2. The van der Waals surface area contributed by atoms with Gasteiger partial charge in [-0.3, -0.25) is 4.79 Å². The molecule has 0 fully saturated rings. The summed E-state index contributed by atoms with van der Waals surface area (Å²) in [5, 5.41) is 5.36.